The highest BCUT2D eigenvalue weighted by Gasteiger charge is 2.38. The molecule has 1 aromatic carbocycles. The van der Waals surface area contributed by atoms with Crippen molar-refractivity contribution in [3.05, 3.63) is 23.3 Å². The summed E-state index contributed by atoms with van der Waals surface area (Å²) < 4.78 is 16.0. The van der Waals surface area contributed by atoms with Crippen molar-refractivity contribution in [1.82, 2.24) is 4.90 Å². The molecule has 3 rings (SSSR count). The predicted molar refractivity (Wildman–Crippen MR) is 73.3 cm³/mol. The summed E-state index contributed by atoms with van der Waals surface area (Å²) in [5, 5.41) is 0. The Morgan fingerprint density at radius 1 is 1.25 bits per heavy atom. The molecular weight excluding hydrogens is 258 g/mol. The fourth-order valence-electron chi connectivity index (χ4n) is 3.10. The number of fused-ring (bicyclic) bond motifs is 3. The normalized spacial score (nSPS) is 24.6. The average molecular weight is 277 g/mol. The van der Waals surface area contributed by atoms with Crippen LogP contribution in [0.15, 0.2) is 12.1 Å². The van der Waals surface area contributed by atoms with Gasteiger partial charge in [-0.05, 0) is 36.6 Å². The summed E-state index contributed by atoms with van der Waals surface area (Å²) in [4.78, 5) is 13.8. The maximum Gasteiger partial charge on any atom is 0.410 e. The van der Waals surface area contributed by atoms with Gasteiger partial charge in [-0.15, -0.1) is 0 Å². The molecule has 20 heavy (non-hydrogen) atoms. The lowest BCUT2D eigenvalue weighted by Gasteiger charge is -2.42. The number of ether oxygens (including phenoxy) is 3. The SMILES string of the molecule is COc1cc2c(cc1OC)[C@H]1C[C@@H](C)OC(=O)N1CC2. The van der Waals surface area contributed by atoms with Crippen LogP contribution in [-0.4, -0.2) is 37.9 Å². The second-order valence-corrected chi connectivity index (χ2v) is 5.30. The molecule has 0 aromatic heterocycles. The van der Waals surface area contributed by atoms with E-state index in [1.807, 2.05) is 24.0 Å². The first-order chi connectivity index (χ1) is 9.63. The minimum atomic E-state index is -0.214. The summed E-state index contributed by atoms with van der Waals surface area (Å²) in [6.45, 7) is 2.63. The third kappa shape index (κ3) is 1.97. The van der Waals surface area contributed by atoms with Gasteiger partial charge in [-0.25, -0.2) is 4.79 Å². The summed E-state index contributed by atoms with van der Waals surface area (Å²) in [7, 11) is 3.27. The number of benzene rings is 1. The predicted octanol–water partition coefficient (Wildman–Crippen LogP) is 2.53. The molecule has 0 bridgehead atoms. The molecular formula is C15H19NO4. The molecule has 1 saturated heterocycles. The number of methoxy groups -OCH3 is 2. The number of nitrogens with zero attached hydrogens (tertiary/aromatic N) is 1. The van der Waals surface area contributed by atoms with E-state index in [9.17, 15) is 4.79 Å². The van der Waals surface area contributed by atoms with Gasteiger partial charge in [0.1, 0.15) is 6.10 Å². The molecule has 1 fully saturated rings. The number of hydrogen-bond acceptors (Lipinski definition) is 4. The molecule has 2 aliphatic rings. The molecule has 0 spiro atoms. The Morgan fingerprint density at radius 3 is 2.65 bits per heavy atom. The molecule has 0 aliphatic carbocycles. The maximum atomic E-state index is 12.0. The molecule has 0 radical (unpaired) electrons. The van der Waals surface area contributed by atoms with Crippen molar-refractivity contribution < 1.29 is 19.0 Å². The van der Waals surface area contributed by atoms with Gasteiger partial charge in [0.05, 0.1) is 20.3 Å². The number of carbonyl (C=O) groups excluding carboxylic acids is 1. The van der Waals surface area contributed by atoms with E-state index in [0.29, 0.717) is 12.3 Å². The zero-order valence-electron chi connectivity index (χ0n) is 12.0. The maximum absolute atomic E-state index is 12.0. The highest BCUT2D eigenvalue weighted by molar-refractivity contribution is 5.70. The van der Waals surface area contributed by atoms with Crippen molar-refractivity contribution in [2.75, 3.05) is 20.8 Å². The van der Waals surface area contributed by atoms with E-state index in [1.165, 1.54) is 5.56 Å². The number of cyclic esters (lactones) is 1. The molecule has 108 valence electrons. The lowest BCUT2D eigenvalue weighted by molar-refractivity contribution is 0.00220. The van der Waals surface area contributed by atoms with E-state index in [0.717, 1.165) is 24.2 Å². The minimum absolute atomic E-state index is 0.0530. The van der Waals surface area contributed by atoms with Crippen molar-refractivity contribution in [2.24, 2.45) is 0 Å². The van der Waals surface area contributed by atoms with E-state index in [-0.39, 0.29) is 18.2 Å². The fourth-order valence-corrected chi connectivity index (χ4v) is 3.10. The van der Waals surface area contributed by atoms with E-state index in [2.05, 4.69) is 0 Å². The van der Waals surface area contributed by atoms with Gasteiger partial charge in [0.25, 0.3) is 0 Å². The third-order valence-electron chi connectivity index (χ3n) is 4.09. The van der Waals surface area contributed by atoms with E-state index < -0.39 is 0 Å². The number of amides is 1. The van der Waals surface area contributed by atoms with Gasteiger partial charge >= 0.3 is 6.09 Å². The summed E-state index contributed by atoms with van der Waals surface area (Å²) in [5.41, 5.74) is 2.38. The fraction of sp³-hybridized carbons (Fsp3) is 0.533. The average Bonchev–Trinajstić information content (AvgIpc) is 2.45. The Bertz CT molecular complexity index is 543. The standard InChI is InChI=1S/C15H19NO4/c1-9-6-12-11-8-14(19-3)13(18-2)7-10(11)4-5-16(12)15(17)20-9/h7-9,12H,4-6H2,1-3H3/t9-,12-/m1/s1. The van der Waals surface area contributed by atoms with Crippen molar-refractivity contribution in [3.63, 3.8) is 0 Å². The number of carbonyl (C=O) groups is 1. The molecule has 0 N–H and O–H groups in total. The van der Waals surface area contributed by atoms with E-state index >= 15 is 0 Å². The summed E-state index contributed by atoms with van der Waals surface area (Å²) in [6.07, 6.45) is 1.36. The van der Waals surface area contributed by atoms with Gasteiger partial charge in [-0.1, -0.05) is 0 Å². The molecule has 1 aromatic rings. The van der Waals surface area contributed by atoms with Crippen LogP contribution < -0.4 is 9.47 Å². The van der Waals surface area contributed by atoms with Crippen LogP contribution in [0, 0.1) is 0 Å². The first-order valence-electron chi connectivity index (χ1n) is 6.86. The van der Waals surface area contributed by atoms with Crippen molar-refractivity contribution >= 4 is 6.09 Å². The highest BCUT2D eigenvalue weighted by atomic mass is 16.6. The monoisotopic (exact) mass is 277 g/mol. The molecule has 0 saturated carbocycles. The molecule has 2 aliphatic heterocycles. The highest BCUT2D eigenvalue weighted by Crippen LogP contribution is 2.41. The second kappa shape index (κ2) is 4.89. The molecule has 5 heteroatoms. The van der Waals surface area contributed by atoms with Gasteiger partial charge in [0, 0.05) is 13.0 Å². The molecule has 1 amide bonds. The van der Waals surface area contributed by atoms with Crippen LogP contribution in [0.1, 0.15) is 30.5 Å². The largest absolute Gasteiger partial charge is 0.493 e. The lowest BCUT2D eigenvalue weighted by atomic mass is 9.88. The Balaban J connectivity index is 2.04. The van der Waals surface area contributed by atoms with Gasteiger partial charge in [-0.2, -0.15) is 0 Å². The summed E-state index contributed by atoms with van der Waals surface area (Å²) in [5.74, 6) is 1.45. The first-order valence-corrected chi connectivity index (χ1v) is 6.86. The second-order valence-electron chi connectivity index (χ2n) is 5.30. The summed E-state index contributed by atoms with van der Waals surface area (Å²) >= 11 is 0. The van der Waals surface area contributed by atoms with Crippen LogP contribution in [0.3, 0.4) is 0 Å². The Hall–Kier alpha value is -1.91. The van der Waals surface area contributed by atoms with Crippen molar-refractivity contribution in [2.45, 2.75) is 31.9 Å². The number of rotatable bonds is 2. The molecule has 2 heterocycles. The van der Waals surface area contributed by atoms with Gasteiger partial charge in [0.15, 0.2) is 11.5 Å². The van der Waals surface area contributed by atoms with E-state index in [1.54, 1.807) is 14.2 Å². The van der Waals surface area contributed by atoms with Crippen molar-refractivity contribution in [1.29, 1.82) is 0 Å². The number of hydrogen-bond donors (Lipinski definition) is 0. The van der Waals surface area contributed by atoms with Gasteiger partial charge in [-0.3, -0.25) is 0 Å². The quantitative estimate of drug-likeness (QED) is 0.833. The van der Waals surface area contributed by atoms with E-state index in [4.69, 9.17) is 14.2 Å². The van der Waals surface area contributed by atoms with Crippen LogP contribution in [0.2, 0.25) is 0 Å². The molecule has 2 atom stereocenters. The Labute approximate surface area is 118 Å². The summed E-state index contributed by atoms with van der Waals surface area (Å²) in [6, 6.07) is 4.10. The zero-order chi connectivity index (χ0) is 14.3. The Kier molecular flexibility index (Phi) is 3.20. The lowest BCUT2D eigenvalue weighted by Crippen LogP contribution is -2.46. The first kappa shape index (κ1) is 13.1. The van der Waals surface area contributed by atoms with Crippen molar-refractivity contribution in [3.8, 4) is 11.5 Å². The van der Waals surface area contributed by atoms with Crippen LogP contribution in [0.5, 0.6) is 11.5 Å². The van der Waals surface area contributed by atoms with Gasteiger partial charge in [0.2, 0.25) is 0 Å². The van der Waals surface area contributed by atoms with Crippen LogP contribution >= 0.6 is 0 Å². The smallest absolute Gasteiger partial charge is 0.410 e. The third-order valence-corrected chi connectivity index (χ3v) is 4.09. The minimum Gasteiger partial charge on any atom is -0.493 e. The van der Waals surface area contributed by atoms with Crippen LogP contribution in [0.25, 0.3) is 0 Å². The zero-order valence-corrected chi connectivity index (χ0v) is 12.0. The Morgan fingerprint density at radius 2 is 1.95 bits per heavy atom. The van der Waals surface area contributed by atoms with Crippen LogP contribution in [-0.2, 0) is 11.2 Å². The topological polar surface area (TPSA) is 48.0 Å². The van der Waals surface area contributed by atoms with Gasteiger partial charge < -0.3 is 19.1 Å². The van der Waals surface area contributed by atoms with Crippen LogP contribution in [0.4, 0.5) is 4.79 Å². The molecule has 0 unspecified atom stereocenters. The molecule has 5 nitrogen and oxygen atoms in total.